The fourth-order valence-corrected chi connectivity index (χ4v) is 3.67. The Kier molecular flexibility index (Phi) is 6.56. The van der Waals surface area contributed by atoms with Gasteiger partial charge in [0.05, 0.1) is 0 Å². The number of nitrogens with one attached hydrogen (secondary N) is 2. The van der Waals surface area contributed by atoms with Crippen molar-refractivity contribution in [1.82, 2.24) is 19.3 Å². The van der Waals surface area contributed by atoms with Crippen LogP contribution in [-0.2, 0) is 16.8 Å². The van der Waals surface area contributed by atoms with Crippen molar-refractivity contribution in [3.05, 3.63) is 30.1 Å². The number of aromatic nitrogens is 1. The summed E-state index contributed by atoms with van der Waals surface area (Å²) in [5, 5.41) is 3.28. The molecule has 0 radical (unpaired) electrons. The van der Waals surface area contributed by atoms with Crippen molar-refractivity contribution >= 4 is 10.2 Å². The van der Waals surface area contributed by atoms with Crippen LogP contribution < -0.4 is 10.0 Å². The van der Waals surface area contributed by atoms with Gasteiger partial charge in [-0.15, -0.1) is 0 Å². The van der Waals surface area contributed by atoms with Crippen molar-refractivity contribution in [1.29, 1.82) is 0 Å². The molecule has 0 aromatic carbocycles. The highest BCUT2D eigenvalue weighted by molar-refractivity contribution is 7.87. The van der Waals surface area contributed by atoms with Crippen molar-refractivity contribution < 1.29 is 8.42 Å². The fraction of sp³-hybridized carbons (Fsp3) is 0.643. The van der Waals surface area contributed by atoms with Crippen molar-refractivity contribution in [3.63, 3.8) is 0 Å². The van der Waals surface area contributed by atoms with Gasteiger partial charge in [0.2, 0.25) is 0 Å². The van der Waals surface area contributed by atoms with E-state index in [0.29, 0.717) is 19.6 Å². The summed E-state index contributed by atoms with van der Waals surface area (Å²) in [5.74, 6) is 0. The molecule has 1 aromatic rings. The first-order valence-corrected chi connectivity index (χ1v) is 8.97. The highest BCUT2D eigenvalue weighted by Gasteiger charge is 2.22. The third-order valence-electron chi connectivity index (χ3n) is 3.52. The molecule has 1 aliphatic heterocycles. The Morgan fingerprint density at radius 3 is 2.71 bits per heavy atom. The minimum atomic E-state index is -3.28. The van der Waals surface area contributed by atoms with Gasteiger partial charge in [-0.25, -0.2) is 4.72 Å². The minimum absolute atomic E-state index is 0.471. The van der Waals surface area contributed by atoms with E-state index < -0.39 is 10.2 Å². The quantitative estimate of drug-likeness (QED) is 0.699. The smallest absolute Gasteiger partial charge is 0.279 e. The highest BCUT2D eigenvalue weighted by atomic mass is 32.2. The number of hydrogen-bond acceptors (Lipinski definition) is 4. The predicted octanol–water partition coefficient (Wildman–Crippen LogP) is 0.882. The third-order valence-corrected chi connectivity index (χ3v) is 5.14. The van der Waals surface area contributed by atoms with Crippen molar-refractivity contribution in [2.24, 2.45) is 0 Å². The summed E-state index contributed by atoms with van der Waals surface area (Å²) >= 11 is 0. The lowest BCUT2D eigenvalue weighted by Crippen LogP contribution is -2.44. The largest absolute Gasteiger partial charge is 0.313 e. The van der Waals surface area contributed by atoms with Crippen molar-refractivity contribution in [2.45, 2.75) is 32.2 Å². The Labute approximate surface area is 127 Å². The number of nitrogens with zero attached hydrogens (tertiary/aromatic N) is 2. The summed E-state index contributed by atoms with van der Waals surface area (Å²) in [5.41, 5.74) is 1.13. The van der Waals surface area contributed by atoms with Gasteiger partial charge in [-0.2, -0.15) is 12.7 Å². The lowest BCUT2D eigenvalue weighted by Gasteiger charge is -2.25. The normalized spacial score (nSPS) is 17.0. The average molecular weight is 312 g/mol. The van der Waals surface area contributed by atoms with E-state index in [1.165, 1.54) is 0 Å². The molecule has 0 atom stereocenters. The molecule has 1 aliphatic rings. The zero-order chi connectivity index (χ0) is 15.0. The molecule has 0 unspecified atom stereocenters. The van der Waals surface area contributed by atoms with E-state index in [9.17, 15) is 8.42 Å². The molecule has 0 bridgehead atoms. The molecule has 1 aromatic heterocycles. The molecule has 118 valence electrons. The minimum Gasteiger partial charge on any atom is -0.313 e. The van der Waals surface area contributed by atoms with E-state index in [2.05, 4.69) is 15.0 Å². The van der Waals surface area contributed by atoms with Gasteiger partial charge in [0, 0.05) is 38.6 Å². The molecular formula is C14H24N4O2S. The molecule has 2 heterocycles. The van der Waals surface area contributed by atoms with Gasteiger partial charge in [-0.05, 0) is 37.4 Å². The average Bonchev–Trinajstić information content (AvgIpc) is 2.52. The van der Waals surface area contributed by atoms with E-state index >= 15 is 0 Å². The Hall–Kier alpha value is -1.02. The second kappa shape index (κ2) is 8.43. The number of piperidine rings is 1. The van der Waals surface area contributed by atoms with Gasteiger partial charge in [-0.1, -0.05) is 12.5 Å². The molecule has 2 rings (SSSR count). The Morgan fingerprint density at radius 1 is 1.19 bits per heavy atom. The molecule has 6 nitrogen and oxygen atoms in total. The Bertz CT molecular complexity index is 501. The zero-order valence-electron chi connectivity index (χ0n) is 12.3. The molecule has 1 fully saturated rings. The highest BCUT2D eigenvalue weighted by Crippen LogP contribution is 2.11. The standard InChI is InChI=1S/C14H24N4O2S/c19-21(20,18-10-2-1-3-11-18)17-9-5-8-16-13-14-6-4-7-15-12-14/h4,6-7,12,16-17H,1-3,5,8-11,13H2. The monoisotopic (exact) mass is 312 g/mol. The molecule has 2 N–H and O–H groups in total. The van der Waals surface area contributed by atoms with E-state index in [4.69, 9.17) is 0 Å². The van der Waals surface area contributed by atoms with Crippen molar-refractivity contribution in [3.8, 4) is 0 Å². The lowest BCUT2D eigenvalue weighted by molar-refractivity contribution is 0.341. The van der Waals surface area contributed by atoms with E-state index in [-0.39, 0.29) is 0 Å². The van der Waals surface area contributed by atoms with Crippen LogP contribution in [0.5, 0.6) is 0 Å². The predicted molar refractivity (Wildman–Crippen MR) is 82.9 cm³/mol. The van der Waals surface area contributed by atoms with Gasteiger partial charge in [-0.3, -0.25) is 4.98 Å². The van der Waals surface area contributed by atoms with Crippen LogP contribution in [0.4, 0.5) is 0 Å². The van der Waals surface area contributed by atoms with Crippen LogP contribution in [0.3, 0.4) is 0 Å². The molecule has 0 spiro atoms. The maximum absolute atomic E-state index is 12.0. The van der Waals surface area contributed by atoms with Crippen LogP contribution in [0, 0.1) is 0 Å². The summed E-state index contributed by atoms with van der Waals surface area (Å²) in [7, 11) is -3.28. The van der Waals surface area contributed by atoms with Crippen molar-refractivity contribution in [2.75, 3.05) is 26.2 Å². The first kappa shape index (κ1) is 16.4. The van der Waals surface area contributed by atoms with Gasteiger partial charge < -0.3 is 5.32 Å². The van der Waals surface area contributed by atoms with Crippen LogP contribution in [0.1, 0.15) is 31.2 Å². The summed E-state index contributed by atoms with van der Waals surface area (Å²) < 4.78 is 28.3. The first-order chi connectivity index (χ1) is 10.2. The first-order valence-electron chi connectivity index (χ1n) is 7.53. The second-order valence-corrected chi connectivity index (χ2v) is 7.01. The summed E-state index contributed by atoms with van der Waals surface area (Å²) in [4.78, 5) is 4.05. The van der Waals surface area contributed by atoms with Crippen LogP contribution in [0.15, 0.2) is 24.5 Å². The summed E-state index contributed by atoms with van der Waals surface area (Å²) in [6.45, 7) is 3.30. The number of rotatable bonds is 8. The summed E-state index contributed by atoms with van der Waals surface area (Å²) in [6.07, 6.45) is 7.41. The number of hydrogen-bond donors (Lipinski definition) is 2. The molecule has 1 saturated heterocycles. The van der Waals surface area contributed by atoms with Crippen LogP contribution >= 0.6 is 0 Å². The van der Waals surface area contributed by atoms with Gasteiger partial charge in [0.1, 0.15) is 0 Å². The molecular weight excluding hydrogens is 288 g/mol. The van der Waals surface area contributed by atoms with Gasteiger partial charge >= 0.3 is 0 Å². The molecule has 0 aliphatic carbocycles. The Balaban J connectivity index is 1.58. The van der Waals surface area contributed by atoms with Gasteiger partial charge in [0.15, 0.2) is 0 Å². The number of pyridine rings is 1. The molecule has 7 heteroatoms. The van der Waals surface area contributed by atoms with Crippen LogP contribution in [0.2, 0.25) is 0 Å². The molecule has 21 heavy (non-hydrogen) atoms. The molecule has 0 saturated carbocycles. The van der Waals surface area contributed by atoms with E-state index in [0.717, 1.165) is 44.3 Å². The van der Waals surface area contributed by atoms with Gasteiger partial charge in [0.25, 0.3) is 10.2 Å². The topological polar surface area (TPSA) is 74.3 Å². The lowest BCUT2D eigenvalue weighted by atomic mass is 10.2. The SMILES string of the molecule is O=S(=O)(NCCCNCc1cccnc1)N1CCCCC1. The maximum Gasteiger partial charge on any atom is 0.279 e. The van der Waals surface area contributed by atoms with Crippen LogP contribution in [-0.4, -0.2) is 43.9 Å². The zero-order valence-corrected chi connectivity index (χ0v) is 13.1. The molecule has 0 amide bonds. The second-order valence-electron chi connectivity index (χ2n) is 5.25. The third kappa shape index (κ3) is 5.70. The van der Waals surface area contributed by atoms with Crippen LogP contribution in [0.25, 0.3) is 0 Å². The Morgan fingerprint density at radius 2 is 2.00 bits per heavy atom. The maximum atomic E-state index is 12.0. The van der Waals surface area contributed by atoms with E-state index in [1.807, 2.05) is 18.3 Å². The fourth-order valence-electron chi connectivity index (χ4n) is 2.35. The summed E-state index contributed by atoms with van der Waals surface area (Å²) in [6, 6.07) is 3.92. The van der Waals surface area contributed by atoms with E-state index in [1.54, 1.807) is 10.5 Å².